The largest absolute Gasteiger partial charge is 0.296 e. The van der Waals surface area contributed by atoms with E-state index in [0.717, 1.165) is 37.3 Å². The summed E-state index contributed by atoms with van der Waals surface area (Å²) in [4.78, 5) is 13.4. The van der Waals surface area contributed by atoms with E-state index in [9.17, 15) is 4.79 Å². The number of likely N-dealkylation sites (tertiary alicyclic amines) is 1. The number of aromatic nitrogens is 4. The van der Waals surface area contributed by atoms with Crippen LogP contribution in [0.3, 0.4) is 0 Å². The maximum atomic E-state index is 11.0. The fourth-order valence-electron chi connectivity index (χ4n) is 3.04. The second kappa shape index (κ2) is 7.80. The molecule has 0 aliphatic carbocycles. The Balaban J connectivity index is 1.62. The molecule has 1 aromatic heterocycles. The summed E-state index contributed by atoms with van der Waals surface area (Å²) in [6.07, 6.45) is 6.05. The molecule has 1 aromatic carbocycles. The van der Waals surface area contributed by atoms with Crippen molar-refractivity contribution < 1.29 is 10.0 Å². The molecule has 8 nitrogen and oxygen atoms in total. The number of hydrogen-bond acceptors (Lipinski definition) is 6. The van der Waals surface area contributed by atoms with E-state index in [4.69, 9.17) is 5.21 Å². The summed E-state index contributed by atoms with van der Waals surface area (Å²) in [5.41, 5.74) is 3.76. The molecule has 1 aliphatic rings. The van der Waals surface area contributed by atoms with Crippen molar-refractivity contribution in [2.45, 2.75) is 25.3 Å². The van der Waals surface area contributed by atoms with E-state index in [1.807, 2.05) is 12.1 Å². The highest BCUT2D eigenvalue weighted by atomic mass is 16.5. The highest BCUT2D eigenvalue weighted by Gasteiger charge is 2.25. The molecule has 0 bridgehead atoms. The van der Waals surface area contributed by atoms with Gasteiger partial charge in [0.05, 0.1) is 0 Å². The molecule has 24 heavy (non-hydrogen) atoms. The maximum absolute atomic E-state index is 11.0. The molecule has 1 aliphatic heterocycles. The third-order valence-electron chi connectivity index (χ3n) is 4.23. The van der Waals surface area contributed by atoms with Crippen molar-refractivity contribution in [1.82, 2.24) is 31.0 Å². The first-order valence-electron chi connectivity index (χ1n) is 7.95. The lowest BCUT2D eigenvalue weighted by molar-refractivity contribution is -0.124. The molecule has 2 heterocycles. The molecule has 2 aromatic rings. The van der Waals surface area contributed by atoms with Crippen molar-refractivity contribution in [3.8, 4) is 0 Å². The minimum atomic E-state index is -0.539. The van der Waals surface area contributed by atoms with Gasteiger partial charge in [-0.25, -0.2) is 5.48 Å². The Hall–Kier alpha value is -2.58. The number of rotatable bonds is 6. The van der Waals surface area contributed by atoms with Crippen LogP contribution >= 0.6 is 0 Å². The van der Waals surface area contributed by atoms with Gasteiger partial charge in [0.25, 0.3) is 5.91 Å². The van der Waals surface area contributed by atoms with E-state index in [1.54, 1.807) is 11.6 Å². The molecular formula is C16H20N6O2. The van der Waals surface area contributed by atoms with Gasteiger partial charge in [-0.1, -0.05) is 29.5 Å². The van der Waals surface area contributed by atoms with Crippen molar-refractivity contribution in [2.24, 2.45) is 0 Å². The van der Waals surface area contributed by atoms with Crippen molar-refractivity contribution in [2.75, 3.05) is 13.1 Å². The lowest BCUT2D eigenvalue weighted by Crippen LogP contribution is -2.26. The predicted molar refractivity (Wildman–Crippen MR) is 86.8 cm³/mol. The predicted octanol–water partition coefficient (Wildman–Crippen LogP) is 1.10. The van der Waals surface area contributed by atoms with Gasteiger partial charge in [-0.15, -0.1) is 10.2 Å². The molecule has 0 saturated carbocycles. The average molecular weight is 328 g/mol. The summed E-state index contributed by atoms with van der Waals surface area (Å²) < 4.78 is 0. The highest BCUT2D eigenvalue weighted by molar-refractivity contribution is 5.90. The van der Waals surface area contributed by atoms with Crippen molar-refractivity contribution in [1.29, 1.82) is 0 Å². The fourth-order valence-corrected chi connectivity index (χ4v) is 3.04. The Morgan fingerprint density at radius 3 is 2.96 bits per heavy atom. The van der Waals surface area contributed by atoms with Gasteiger partial charge >= 0.3 is 0 Å². The van der Waals surface area contributed by atoms with Crippen LogP contribution in [-0.2, 0) is 11.2 Å². The van der Waals surface area contributed by atoms with Gasteiger partial charge in [0.2, 0.25) is 0 Å². The molecule has 3 N–H and O–H groups in total. The van der Waals surface area contributed by atoms with Crippen LogP contribution < -0.4 is 5.48 Å². The molecule has 1 unspecified atom stereocenters. The van der Waals surface area contributed by atoms with E-state index in [0.29, 0.717) is 6.04 Å². The number of H-pyrrole nitrogens is 1. The van der Waals surface area contributed by atoms with E-state index >= 15 is 0 Å². The third-order valence-corrected chi connectivity index (χ3v) is 4.23. The van der Waals surface area contributed by atoms with Gasteiger partial charge in [0.1, 0.15) is 0 Å². The van der Waals surface area contributed by atoms with Gasteiger partial charge in [-0.2, -0.15) is 5.21 Å². The van der Waals surface area contributed by atoms with Gasteiger partial charge in [0, 0.05) is 25.1 Å². The summed E-state index contributed by atoms with van der Waals surface area (Å²) in [5, 5.41) is 22.5. The molecule has 1 fully saturated rings. The first-order chi connectivity index (χ1) is 11.8. The number of nitrogens with one attached hydrogen (secondary N) is 2. The van der Waals surface area contributed by atoms with Crippen LogP contribution in [0.15, 0.2) is 30.3 Å². The molecule has 1 saturated heterocycles. The summed E-state index contributed by atoms with van der Waals surface area (Å²) in [7, 11) is 0. The number of amides is 1. The zero-order chi connectivity index (χ0) is 16.8. The number of hydrogen-bond donors (Lipinski definition) is 3. The molecule has 3 rings (SSSR count). The standard InChI is InChI=1S/C16H20N6O2/c23-16(19-24)8-5-12-3-6-13(7-4-12)14-2-1-10-22(14)11-9-15-17-20-21-18-15/h3-8,14,24H,1-2,9-11H2,(H,19,23)(H,17,18,20,21)/b8-5+. The number of hydroxylamine groups is 1. The SMILES string of the molecule is O=C(/C=C/c1ccc(C2CCCN2CCc2nn[nH]n2)cc1)NO. The molecular weight excluding hydrogens is 308 g/mol. The van der Waals surface area contributed by atoms with E-state index in [2.05, 4.69) is 37.7 Å². The zero-order valence-electron chi connectivity index (χ0n) is 13.2. The van der Waals surface area contributed by atoms with Crippen LogP contribution in [0.4, 0.5) is 0 Å². The lowest BCUT2D eigenvalue weighted by atomic mass is 10.0. The summed E-state index contributed by atoms with van der Waals surface area (Å²) in [6, 6.07) is 8.54. The van der Waals surface area contributed by atoms with Crippen molar-refractivity contribution >= 4 is 12.0 Å². The maximum Gasteiger partial charge on any atom is 0.267 e. The zero-order valence-corrected chi connectivity index (χ0v) is 13.2. The number of carbonyl (C=O) groups is 1. The summed E-state index contributed by atoms with van der Waals surface area (Å²) >= 11 is 0. The Bertz CT molecular complexity index is 683. The quantitative estimate of drug-likeness (QED) is 0.416. The number of tetrazole rings is 1. The first-order valence-corrected chi connectivity index (χ1v) is 7.95. The van der Waals surface area contributed by atoms with Crippen LogP contribution in [0.5, 0.6) is 0 Å². The topological polar surface area (TPSA) is 107 Å². The van der Waals surface area contributed by atoms with Crippen LogP contribution in [0.1, 0.15) is 35.8 Å². The lowest BCUT2D eigenvalue weighted by Gasteiger charge is -2.24. The Morgan fingerprint density at radius 2 is 2.25 bits per heavy atom. The Labute approximate surface area is 139 Å². The van der Waals surface area contributed by atoms with Crippen LogP contribution in [0.2, 0.25) is 0 Å². The smallest absolute Gasteiger partial charge is 0.267 e. The second-order valence-electron chi connectivity index (χ2n) is 5.75. The van der Waals surface area contributed by atoms with Crippen LogP contribution in [0, 0.1) is 0 Å². The average Bonchev–Trinajstić information content (AvgIpc) is 3.29. The van der Waals surface area contributed by atoms with Gasteiger partial charge in [-0.05, 0) is 36.6 Å². The van der Waals surface area contributed by atoms with Crippen molar-refractivity contribution in [3.63, 3.8) is 0 Å². The van der Waals surface area contributed by atoms with Gasteiger partial charge < -0.3 is 0 Å². The van der Waals surface area contributed by atoms with E-state index in [-0.39, 0.29) is 0 Å². The number of nitrogens with zero attached hydrogens (tertiary/aromatic N) is 4. The minimum Gasteiger partial charge on any atom is -0.296 e. The molecule has 1 amide bonds. The second-order valence-corrected chi connectivity index (χ2v) is 5.75. The molecule has 1 atom stereocenters. The summed E-state index contributed by atoms with van der Waals surface area (Å²) in [6.45, 7) is 1.98. The molecule has 8 heteroatoms. The van der Waals surface area contributed by atoms with Crippen LogP contribution in [-0.4, -0.2) is 49.7 Å². The molecule has 0 spiro atoms. The molecule has 0 radical (unpaired) electrons. The summed E-state index contributed by atoms with van der Waals surface area (Å²) in [5.74, 6) is 0.200. The monoisotopic (exact) mass is 328 g/mol. The van der Waals surface area contributed by atoms with Crippen LogP contribution in [0.25, 0.3) is 6.08 Å². The Morgan fingerprint density at radius 1 is 1.42 bits per heavy atom. The van der Waals surface area contributed by atoms with E-state index < -0.39 is 5.91 Å². The van der Waals surface area contributed by atoms with Gasteiger partial charge in [-0.3, -0.25) is 14.9 Å². The highest BCUT2D eigenvalue weighted by Crippen LogP contribution is 2.31. The van der Waals surface area contributed by atoms with Crippen molar-refractivity contribution in [3.05, 3.63) is 47.3 Å². The number of benzene rings is 1. The minimum absolute atomic E-state index is 0.399. The number of carbonyl (C=O) groups excluding carboxylic acids is 1. The normalized spacial score (nSPS) is 18.3. The van der Waals surface area contributed by atoms with E-state index in [1.165, 1.54) is 18.1 Å². The number of aromatic amines is 1. The van der Waals surface area contributed by atoms with Gasteiger partial charge in [0.15, 0.2) is 5.82 Å². The molecule has 126 valence electrons. The third kappa shape index (κ3) is 4.03. The first kappa shape index (κ1) is 16.3. The fraction of sp³-hybridized carbons (Fsp3) is 0.375. The Kier molecular flexibility index (Phi) is 5.29.